The smallest absolute Gasteiger partial charge is 0.310 e. The molecule has 158 valence electrons. The molecule has 1 aromatic carbocycles. The first kappa shape index (κ1) is 21.0. The van der Waals surface area contributed by atoms with Crippen LogP contribution in [0.3, 0.4) is 0 Å². The molecule has 4 nitrogen and oxygen atoms in total. The Bertz CT molecular complexity index is 1210. The first-order valence-corrected chi connectivity index (χ1v) is 9.54. The van der Waals surface area contributed by atoms with Crippen molar-refractivity contribution >= 4 is 29.4 Å². The molecule has 0 atom stereocenters. The molecule has 1 aliphatic rings. The number of carbonyl (C=O) groups is 1. The number of carbonyl (C=O) groups excluding carboxylic acids is 1. The highest BCUT2D eigenvalue weighted by Crippen LogP contribution is 2.31. The second-order valence-corrected chi connectivity index (χ2v) is 7.47. The van der Waals surface area contributed by atoms with E-state index in [0.29, 0.717) is 22.6 Å². The molecule has 31 heavy (non-hydrogen) atoms. The van der Waals surface area contributed by atoms with Gasteiger partial charge in [-0.1, -0.05) is 23.7 Å². The van der Waals surface area contributed by atoms with Gasteiger partial charge in [0, 0.05) is 29.4 Å². The Labute approximate surface area is 179 Å². The molecule has 1 N–H and O–H groups in total. The zero-order chi connectivity index (χ0) is 22.2. The fourth-order valence-electron chi connectivity index (χ4n) is 3.23. The van der Waals surface area contributed by atoms with Gasteiger partial charge in [0.1, 0.15) is 11.6 Å². The van der Waals surface area contributed by atoms with Crippen LogP contribution < -0.4 is 5.32 Å². The summed E-state index contributed by atoms with van der Waals surface area (Å²) < 4.78 is 52.9. The van der Waals surface area contributed by atoms with Crippen molar-refractivity contribution in [3.63, 3.8) is 0 Å². The van der Waals surface area contributed by atoms with Gasteiger partial charge in [-0.25, -0.2) is 9.37 Å². The van der Waals surface area contributed by atoms with Crippen LogP contribution in [0.15, 0.2) is 53.8 Å². The second kappa shape index (κ2) is 8.11. The van der Waals surface area contributed by atoms with E-state index in [2.05, 4.69) is 15.3 Å². The van der Waals surface area contributed by atoms with Gasteiger partial charge >= 0.3 is 6.18 Å². The number of hydrogen-bond acceptors (Lipinski definition) is 3. The Morgan fingerprint density at radius 3 is 2.65 bits per heavy atom. The maximum absolute atomic E-state index is 14.6. The zero-order valence-electron chi connectivity index (χ0n) is 15.8. The van der Waals surface area contributed by atoms with Crippen LogP contribution >= 0.6 is 11.6 Å². The second-order valence-electron chi connectivity index (χ2n) is 6.99. The highest BCUT2D eigenvalue weighted by atomic mass is 35.5. The van der Waals surface area contributed by atoms with E-state index in [9.17, 15) is 22.4 Å². The largest absolute Gasteiger partial charge is 0.416 e. The minimum absolute atomic E-state index is 0.102. The van der Waals surface area contributed by atoms with E-state index in [4.69, 9.17) is 11.6 Å². The fourth-order valence-corrected chi connectivity index (χ4v) is 3.47. The van der Waals surface area contributed by atoms with Gasteiger partial charge in [-0.3, -0.25) is 9.78 Å². The lowest BCUT2D eigenvalue weighted by Crippen LogP contribution is -2.17. The van der Waals surface area contributed by atoms with Crippen molar-refractivity contribution in [2.75, 3.05) is 5.32 Å². The molecule has 2 aromatic heterocycles. The van der Waals surface area contributed by atoms with E-state index >= 15 is 0 Å². The molecule has 3 aromatic rings. The standard InChI is InChI=1S/C22H14ClF4N3O/c23-17-6-14-5-15(11-29-19(14)10-17)12-1-2-13(18(24)7-12)8-21(31)30-20-9-16(3-4-28-20)22(25,26)27/h1-7,9,11H,8,10H2,(H,28,30,31). The lowest BCUT2D eigenvalue weighted by molar-refractivity contribution is -0.137. The molecule has 0 fully saturated rings. The molecule has 0 unspecified atom stereocenters. The first-order chi connectivity index (χ1) is 14.7. The third-order valence-corrected chi connectivity index (χ3v) is 4.99. The van der Waals surface area contributed by atoms with Crippen LogP contribution in [0.4, 0.5) is 23.4 Å². The normalized spacial score (nSPS) is 13.0. The molecule has 9 heteroatoms. The number of fused-ring (bicyclic) bond motifs is 1. The van der Waals surface area contributed by atoms with Crippen LogP contribution in [0.2, 0.25) is 0 Å². The zero-order valence-corrected chi connectivity index (χ0v) is 16.6. The summed E-state index contributed by atoms with van der Waals surface area (Å²) in [4.78, 5) is 20.2. The summed E-state index contributed by atoms with van der Waals surface area (Å²) in [6.07, 6.45) is 0.0385. The molecule has 0 saturated carbocycles. The monoisotopic (exact) mass is 447 g/mol. The van der Waals surface area contributed by atoms with Gasteiger partial charge in [-0.05, 0) is 47.0 Å². The van der Waals surface area contributed by atoms with Gasteiger partial charge in [-0.2, -0.15) is 13.2 Å². The van der Waals surface area contributed by atoms with Crippen molar-refractivity contribution in [3.8, 4) is 11.1 Å². The van der Waals surface area contributed by atoms with Crippen molar-refractivity contribution in [1.29, 1.82) is 0 Å². The molecule has 0 bridgehead atoms. The van der Waals surface area contributed by atoms with Crippen LogP contribution in [0.1, 0.15) is 22.4 Å². The number of hydrogen-bond donors (Lipinski definition) is 1. The minimum Gasteiger partial charge on any atom is -0.310 e. The van der Waals surface area contributed by atoms with Gasteiger partial charge in [0.15, 0.2) is 0 Å². The highest BCUT2D eigenvalue weighted by Gasteiger charge is 2.30. The maximum atomic E-state index is 14.6. The molecule has 2 heterocycles. The number of pyridine rings is 2. The predicted octanol–water partition coefficient (Wildman–Crippen LogP) is 5.62. The molecular formula is C22H14ClF4N3O. The summed E-state index contributed by atoms with van der Waals surface area (Å²) in [5, 5.41) is 2.95. The highest BCUT2D eigenvalue weighted by molar-refractivity contribution is 6.32. The number of aromatic nitrogens is 2. The number of benzene rings is 1. The Hall–Kier alpha value is -3.26. The molecule has 1 amide bonds. The first-order valence-electron chi connectivity index (χ1n) is 9.16. The van der Waals surface area contributed by atoms with Crippen molar-refractivity contribution in [1.82, 2.24) is 9.97 Å². The number of halogens is 5. The van der Waals surface area contributed by atoms with Crippen molar-refractivity contribution in [3.05, 3.63) is 82.0 Å². The van der Waals surface area contributed by atoms with E-state index < -0.39 is 23.5 Å². The quantitative estimate of drug-likeness (QED) is 0.528. The van der Waals surface area contributed by atoms with Gasteiger partial charge in [0.25, 0.3) is 0 Å². The summed E-state index contributed by atoms with van der Waals surface area (Å²) in [6.45, 7) is 0. The number of rotatable bonds is 4. The Kier molecular flexibility index (Phi) is 5.49. The van der Waals surface area contributed by atoms with Crippen molar-refractivity contribution in [2.45, 2.75) is 19.0 Å². The van der Waals surface area contributed by atoms with Crippen LogP contribution in [-0.4, -0.2) is 15.9 Å². The van der Waals surface area contributed by atoms with E-state index in [1.165, 1.54) is 12.1 Å². The molecule has 0 aliphatic heterocycles. The Morgan fingerprint density at radius 1 is 1.10 bits per heavy atom. The summed E-state index contributed by atoms with van der Waals surface area (Å²) in [7, 11) is 0. The molecule has 0 saturated heterocycles. The average molecular weight is 448 g/mol. The maximum Gasteiger partial charge on any atom is 0.416 e. The van der Waals surface area contributed by atoms with Gasteiger partial charge in [-0.15, -0.1) is 0 Å². The third-order valence-electron chi connectivity index (χ3n) is 4.74. The molecular weight excluding hydrogens is 434 g/mol. The van der Waals surface area contributed by atoms with Gasteiger partial charge in [0.05, 0.1) is 17.7 Å². The number of nitrogens with zero attached hydrogens (tertiary/aromatic N) is 2. The fraction of sp³-hybridized carbons (Fsp3) is 0.136. The lowest BCUT2D eigenvalue weighted by atomic mass is 10.0. The van der Waals surface area contributed by atoms with Crippen LogP contribution in [0.5, 0.6) is 0 Å². The number of nitrogens with one attached hydrogen (secondary N) is 1. The van der Waals surface area contributed by atoms with E-state index in [0.717, 1.165) is 29.6 Å². The lowest BCUT2D eigenvalue weighted by Gasteiger charge is -2.10. The summed E-state index contributed by atoms with van der Waals surface area (Å²) in [5.41, 5.74) is 2.17. The van der Waals surface area contributed by atoms with Crippen molar-refractivity contribution in [2.24, 2.45) is 0 Å². The van der Waals surface area contributed by atoms with Gasteiger partial charge < -0.3 is 5.32 Å². The Morgan fingerprint density at radius 2 is 1.90 bits per heavy atom. The molecule has 4 rings (SSSR count). The van der Waals surface area contributed by atoms with Crippen LogP contribution in [-0.2, 0) is 23.8 Å². The van der Waals surface area contributed by atoms with Gasteiger partial charge in [0.2, 0.25) is 5.91 Å². The average Bonchev–Trinajstić information content (AvgIpc) is 3.08. The third kappa shape index (κ3) is 4.74. The Balaban J connectivity index is 1.48. The SMILES string of the molecule is O=C(Cc1ccc(-c2cnc3c(c2)C=C(Cl)C3)cc1F)Nc1cc(C(F)(F)F)ccn1. The summed E-state index contributed by atoms with van der Waals surface area (Å²) >= 11 is 6.02. The topological polar surface area (TPSA) is 54.9 Å². The summed E-state index contributed by atoms with van der Waals surface area (Å²) in [6, 6.07) is 7.77. The van der Waals surface area contributed by atoms with E-state index in [1.807, 2.05) is 12.1 Å². The van der Waals surface area contributed by atoms with E-state index in [1.54, 1.807) is 12.3 Å². The minimum atomic E-state index is -4.56. The van der Waals surface area contributed by atoms with Crippen molar-refractivity contribution < 1.29 is 22.4 Å². The van der Waals surface area contributed by atoms with E-state index in [-0.39, 0.29) is 17.8 Å². The number of amides is 1. The number of allylic oxidation sites excluding steroid dienone is 1. The molecule has 0 radical (unpaired) electrons. The molecule has 1 aliphatic carbocycles. The van der Waals surface area contributed by atoms with Crippen LogP contribution in [0, 0.1) is 5.82 Å². The molecule has 0 spiro atoms. The number of alkyl halides is 3. The van der Waals surface area contributed by atoms with Crippen LogP contribution in [0.25, 0.3) is 17.2 Å². The predicted molar refractivity (Wildman–Crippen MR) is 109 cm³/mol. The number of anilines is 1. The summed E-state index contributed by atoms with van der Waals surface area (Å²) in [5.74, 6) is -1.55.